The molecule has 0 aliphatic heterocycles. The maximum Gasteiger partial charge on any atom is 0.416 e. The van der Waals surface area contributed by atoms with Crippen LogP contribution >= 0.6 is 11.8 Å². The molecule has 7 heteroatoms. The third-order valence-corrected chi connectivity index (χ3v) is 3.78. The van der Waals surface area contributed by atoms with Gasteiger partial charge in [0.15, 0.2) is 0 Å². The number of hydrogen-bond acceptors (Lipinski definition) is 3. The molecule has 118 valence electrons. The standard InChI is InChI=1S/C14H16F4O2S/c1-3-9(2)20-13(19)6-7-21-12-5-4-10(8-11(12)15)14(16,17)18/h4-5,8-9H,3,6-7H2,1-2H3. The molecule has 0 heterocycles. The van der Waals surface area contributed by atoms with Gasteiger partial charge < -0.3 is 4.74 Å². The SMILES string of the molecule is CCC(C)OC(=O)CCSc1ccc(C(F)(F)F)cc1F. The second-order valence-corrected chi connectivity index (χ2v) is 5.59. The maximum absolute atomic E-state index is 13.5. The lowest BCUT2D eigenvalue weighted by Gasteiger charge is -2.11. The van der Waals surface area contributed by atoms with Gasteiger partial charge in [0.25, 0.3) is 0 Å². The molecule has 0 radical (unpaired) electrons. The van der Waals surface area contributed by atoms with Crippen molar-refractivity contribution in [2.45, 2.75) is 43.9 Å². The summed E-state index contributed by atoms with van der Waals surface area (Å²) in [7, 11) is 0. The number of esters is 1. The van der Waals surface area contributed by atoms with Gasteiger partial charge in [-0.25, -0.2) is 4.39 Å². The Hall–Kier alpha value is -1.24. The van der Waals surface area contributed by atoms with Crippen LogP contribution < -0.4 is 0 Å². The summed E-state index contributed by atoms with van der Waals surface area (Å²) in [6, 6.07) is 2.35. The highest BCUT2D eigenvalue weighted by molar-refractivity contribution is 7.99. The Morgan fingerprint density at radius 1 is 1.38 bits per heavy atom. The molecule has 2 nitrogen and oxygen atoms in total. The van der Waals surface area contributed by atoms with Crippen molar-refractivity contribution in [1.29, 1.82) is 0 Å². The monoisotopic (exact) mass is 324 g/mol. The Bertz CT molecular complexity index is 488. The van der Waals surface area contributed by atoms with Gasteiger partial charge in [-0.2, -0.15) is 13.2 Å². The van der Waals surface area contributed by atoms with E-state index in [0.717, 1.165) is 23.9 Å². The summed E-state index contributed by atoms with van der Waals surface area (Å²) in [4.78, 5) is 11.5. The number of alkyl halides is 3. The molecular weight excluding hydrogens is 308 g/mol. The van der Waals surface area contributed by atoms with Crippen LogP contribution in [0.1, 0.15) is 32.3 Å². The smallest absolute Gasteiger partial charge is 0.416 e. The van der Waals surface area contributed by atoms with Crippen LogP contribution in [0, 0.1) is 5.82 Å². The molecule has 1 unspecified atom stereocenters. The van der Waals surface area contributed by atoms with Gasteiger partial charge in [-0.1, -0.05) is 6.92 Å². The minimum Gasteiger partial charge on any atom is -0.463 e. The van der Waals surface area contributed by atoms with Gasteiger partial charge in [-0.15, -0.1) is 11.8 Å². The van der Waals surface area contributed by atoms with Crippen molar-refractivity contribution >= 4 is 17.7 Å². The summed E-state index contributed by atoms with van der Waals surface area (Å²) in [6.07, 6.45) is -3.96. The lowest BCUT2D eigenvalue weighted by atomic mass is 10.2. The van der Waals surface area contributed by atoms with Gasteiger partial charge in [-0.05, 0) is 31.5 Å². The summed E-state index contributed by atoms with van der Waals surface area (Å²) in [5, 5.41) is 0. The maximum atomic E-state index is 13.5. The number of carbonyl (C=O) groups is 1. The number of halogens is 4. The van der Waals surface area contributed by atoms with Crippen molar-refractivity contribution in [3.8, 4) is 0 Å². The van der Waals surface area contributed by atoms with Crippen molar-refractivity contribution in [1.82, 2.24) is 0 Å². The molecule has 1 rings (SSSR count). The molecule has 1 aromatic rings. The zero-order valence-electron chi connectivity index (χ0n) is 11.7. The molecule has 0 bridgehead atoms. The van der Waals surface area contributed by atoms with Gasteiger partial charge in [0.1, 0.15) is 5.82 Å². The topological polar surface area (TPSA) is 26.3 Å². The molecule has 0 aromatic heterocycles. The molecule has 1 atom stereocenters. The van der Waals surface area contributed by atoms with Crippen LogP contribution in [-0.2, 0) is 15.7 Å². The van der Waals surface area contributed by atoms with Crippen LogP contribution in [0.2, 0.25) is 0 Å². The number of rotatable bonds is 6. The van der Waals surface area contributed by atoms with E-state index in [2.05, 4.69) is 0 Å². The first kappa shape index (κ1) is 17.8. The molecule has 0 saturated carbocycles. The predicted octanol–water partition coefficient (Wildman–Crippen LogP) is 4.67. The third-order valence-electron chi connectivity index (χ3n) is 2.73. The van der Waals surface area contributed by atoms with E-state index in [9.17, 15) is 22.4 Å². The first-order chi connectivity index (χ1) is 9.74. The first-order valence-electron chi connectivity index (χ1n) is 6.43. The van der Waals surface area contributed by atoms with E-state index >= 15 is 0 Å². The molecule has 1 aromatic carbocycles. The Labute approximate surface area is 124 Å². The summed E-state index contributed by atoms with van der Waals surface area (Å²) in [5.41, 5.74) is -1.03. The average Bonchev–Trinajstić information content (AvgIpc) is 2.39. The van der Waals surface area contributed by atoms with Crippen molar-refractivity contribution in [2.75, 3.05) is 5.75 Å². The van der Waals surface area contributed by atoms with Gasteiger partial charge in [0, 0.05) is 10.6 Å². The summed E-state index contributed by atoms with van der Waals surface area (Å²) in [6.45, 7) is 3.64. The first-order valence-corrected chi connectivity index (χ1v) is 7.41. The predicted molar refractivity (Wildman–Crippen MR) is 72.6 cm³/mol. The molecule has 0 N–H and O–H groups in total. The third kappa shape index (κ3) is 5.95. The number of thioether (sulfide) groups is 1. The summed E-state index contributed by atoms with van der Waals surface area (Å²) in [5.74, 6) is -1.09. The van der Waals surface area contributed by atoms with Crippen molar-refractivity contribution < 1.29 is 27.1 Å². The normalized spacial score (nSPS) is 13.0. The minimum absolute atomic E-state index is 0.0788. The molecule has 0 spiro atoms. The van der Waals surface area contributed by atoms with E-state index in [0.29, 0.717) is 12.5 Å². The Kier molecular flexibility index (Phi) is 6.51. The van der Waals surface area contributed by atoms with Crippen LogP contribution in [-0.4, -0.2) is 17.8 Å². The Morgan fingerprint density at radius 2 is 2.05 bits per heavy atom. The quantitative estimate of drug-likeness (QED) is 0.432. The number of benzene rings is 1. The zero-order chi connectivity index (χ0) is 16.0. The van der Waals surface area contributed by atoms with E-state index in [1.165, 1.54) is 0 Å². The van der Waals surface area contributed by atoms with E-state index in [1.807, 2.05) is 6.92 Å². The van der Waals surface area contributed by atoms with Gasteiger partial charge in [0.2, 0.25) is 0 Å². The molecule has 0 aliphatic rings. The van der Waals surface area contributed by atoms with Crippen LogP contribution in [0.5, 0.6) is 0 Å². The second kappa shape index (κ2) is 7.68. The van der Waals surface area contributed by atoms with E-state index in [1.54, 1.807) is 6.92 Å². The fourth-order valence-electron chi connectivity index (χ4n) is 1.41. The second-order valence-electron chi connectivity index (χ2n) is 4.45. The summed E-state index contributed by atoms with van der Waals surface area (Å²) >= 11 is 0.986. The highest BCUT2D eigenvalue weighted by Crippen LogP contribution is 2.32. The van der Waals surface area contributed by atoms with Gasteiger partial charge in [-0.3, -0.25) is 4.79 Å². The molecule has 21 heavy (non-hydrogen) atoms. The highest BCUT2D eigenvalue weighted by atomic mass is 32.2. The molecular formula is C14H16F4O2S. The molecule has 0 saturated heterocycles. The summed E-state index contributed by atoms with van der Waals surface area (Å²) < 4.78 is 55.7. The van der Waals surface area contributed by atoms with E-state index in [-0.39, 0.29) is 23.2 Å². The van der Waals surface area contributed by atoms with Crippen molar-refractivity contribution in [2.24, 2.45) is 0 Å². The van der Waals surface area contributed by atoms with E-state index in [4.69, 9.17) is 4.74 Å². The lowest BCUT2D eigenvalue weighted by Crippen LogP contribution is -2.14. The fourth-order valence-corrected chi connectivity index (χ4v) is 2.25. The largest absolute Gasteiger partial charge is 0.463 e. The Balaban J connectivity index is 2.51. The number of carbonyl (C=O) groups excluding carboxylic acids is 1. The fraction of sp³-hybridized carbons (Fsp3) is 0.500. The molecule has 0 amide bonds. The van der Waals surface area contributed by atoms with Crippen LogP contribution in [0.15, 0.2) is 23.1 Å². The lowest BCUT2D eigenvalue weighted by molar-refractivity contribution is -0.147. The van der Waals surface area contributed by atoms with E-state index < -0.39 is 23.5 Å². The molecule has 0 fully saturated rings. The number of ether oxygens (including phenoxy) is 1. The molecule has 0 aliphatic carbocycles. The highest BCUT2D eigenvalue weighted by Gasteiger charge is 2.31. The number of hydrogen-bond donors (Lipinski definition) is 0. The van der Waals surface area contributed by atoms with Crippen LogP contribution in [0.3, 0.4) is 0 Å². The minimum atomic E-state index is -4.57. The van der Waals surface area contributed by atoms with Gasteiger partial charge >= 0.3 is 12.1 Å². The van der Waals surface area contributed by atoms with Crippen molar-refractivity contribution in [3.63, 3.8) is 0 Å². The Morgan fingerprint density at radius 3 is 2.57 bits per heavy atom. The average molecular weight is 324 g/mol. The van der Waals surface area contributed by atoms with Crippen molar-refractivity contribution in [3.05, 3.63) is 29.6 Å². The van der Waals surface area contributed by atoms with Crippen LogP contribution in [0.25, 0.3) is 0 Å². The van der Waals surface area contributed by atoms with Crippen LogP contribution in [0.4, 0.5) is 17.6 Å². The zero-order valence-corrected chi connectivity index (χ0v) is 12.5. The van der Waals surface area contributed by atoms with Gasteiger partial charge in [0.05, 0.1) is 18.1 Å².